The number of nitrogens with zero attached hydrogens (tertiary/aromatic N) is 1. The molecule has 2 heterocycles. The molecule has 0 saturated carbocycles. The van der Waals surface area contributed by atoms with Crippen LogP contribution in [-0.4, -0.2) is 16.7 Å². The number of hydrogen-bond donors (Lipinski definition) is 1. The van der Waals surface area contributed by atoms with Gasteiger partial charge in [0.25, 0.3) is 0 Å². The molecule has 96 valence electrons. The van der Waals surface area contributed by atoms with Crippen molar-refractivity contribution in [3.05, 3.63) is 44.4 Å². The molecule has 0 atom stereocenters. The molecule has 0 aromatic carbocycles. The molecule has 1 N–H and O–H groups in total. The fourth-order valence-corrected chi connectivity index (χ4v) is 2.21. The second-order valence-electron chi connectivity index (χ2n) is 3.69. The van der Waals surface area contributed by atoms with E-state index in [1.165, 1.54) is 12.3 Å². The van der Waals surface area contributed by atoms with Gasteiger partial charge in [0.05, 0.1) is 17.8 Å². The summed E-state index contributed by atoms with van der Waals surface area (Å²) in [6.07, 6.45) is 1.94. The number of aliphatic hydroxyl groups is 1. The zero-order valence-electron chi connectivity index (χ0n) is 9.88. The lowest BCUT2D eigenvalue weighted by molar-refractivity contribution is 0.237. The molecule has 0 aliphatic rings. The fraction of sp³-hybridized carbons (Fsp3) is 0.333. The van der Waals surface area contributed by atoms with Gasteiger partial charge < -0.3 is 14.3 Å². The highest BCUT2D eigenvalue weighted by molar-refractivity contribution is 7.09. The minimum absolute atomic E-state index is 0.161. The summed E-state index contributed by atoms with van der Waals surface area (Å²) in [5, 5.41) is 8.81. The molecule has 0 aliphatic carbocycles. The van der Waals surface area contributed by atoms with Gasteiger partial charge in [-0.15, -0.1) is 11.3 Å². The first kappa shape index (κ1) is 12.8. The van der Waals surface area contributed by atoms with Crippen LogP contribution in [0, 0.1) is 6.92 Å². The van der Waals surface area contributed by atoms with Crippen LogP contribution in [0.3, 0.4) is 0 Å². The molecule has 0 unspecified atom stereocenters. The van der Waals surface area contributed by atoms with Crippen LogP contribution in [0.2, 0.25) is 0 Å². The molecule has 2 aromatic rings. The second kappa shape index (κ2) is 5.79. The Hall–Kier alpha value is -1.66. The van der Waals surface area contributed by atoms with Gasteiger partial charge in [0.1, 0.15) is 18.6 Å². The molecule has 2 rings (SSSR count). The Kier molecular flexibility index (Phi) is 4.11. The summed E-state index contributed by atoms with van der Waals surface area (Å²) in [5.74, 6) is 0.389. The van der Waals surface area contributed by atoms with Crippen molar-refractivity contribution in [2.75, 3.05) is 6.61 Å². The van der Waals surface area contributed by atoms with Crippen molar-refractivity contribution in [2.45, 2.75) is 20.0 Å². The average molecular weight is 267 g/mol. The van der Waals surface area contributed by atoms with Crippen LogP contribution in [-0.2, 0) is 13.0 Å². The Labute approximate surface area is 108 Å². The number of aliphatic hydroxyl groups excluding tert-OH is 1. The van der Waals surface area contributed by atoms with Gasteiger partial charge in [-0.3, -0.25) is 4.79 Å². The van der Waals surface area contributed by atoms with E-state index < -0.39 is 0 Å². The molecule has 6 heteroatoms. The van der Waals surface area contributed by atoms with Gasteiger partial charge in [0.15, 0.2) is 0 Å². The molecule has 0 radical (unpaired) electrons. The minimum Gasteiger partial charge on any atom is -0.486 e. The highest BCUT2D eigenvalue weighted by atomic mass is 32.1. The smallest absolute Gasteiger partial charge is 0.227 e. The van der Waals surface area contributed by atoms with Gasteiger partial charge in [0, 0.05) is 17.4 Å². The predicted octanol–water partition coefficient (Wildman–Crippen LogP) is 1.52. The number of rotatable bonds is 5. The number of aromatic nitrogens is 1. The molecule has 5 nitrogen and oxygen atoms in total. The fourth-order valence-electron chi connectivity index (χ4n) is 1.45. The second-order valence-corrected chi connectivity index (χ2v) is 4.63. The highest BCUT2D eigenvalue weighted by Crippen LogP contribution is 2.13. The first-order chi connectivity index (χ1) is 8.70. The maximum absolute atomic E-state index is 11.6. The molecular weight excluding hydrogens is 254 g/mol. The molecule has 2 aromatic heterocycles. The normalized spacial score (nSPS) is 10.6. The zero-order valence-corrected chi connectivity index (χ0v) is 10.7. The van der Waals surface area contributed by atoms with Crippen LogP contribution in [0.4, 0.5) is 0 Å². The zero-order chi connectivity index (χ0) is 13.0. The number of hydrogen-bond acceptors (Lipinski definition) is 6. The third-order valence-electron chi connectivity index (χ3n) is 2.44. The molecule has 18 heavy (non-hydrogen) atoms. The quantitative estimate of drug-likeness (QED) is 0.889. The van der Waals surface area contributed by atoms with Crippen LogP contribution in [0.5, 0.6) is 5.75 Å². The van der Waals surface area contributed by atoms with E-state index in [0.717, 1.165) is 10.6 Å². The van der Waals surface area contributed by atoms with Gasteiger partial charge in [-0.25, -0.2) is 4.98 Å². The summed E-state index contributed by atoms with van der Waals surface area (Å²) >= 11 is 1.57. The molecule has 0 bridgehead atoms. The lowest BCUT2D eigenvalue weighted by atomic mass is 10.3. The van der Waals surface area contributed by atoms with Gasteiger partial charge in [-0.05, 0) is 6.92 Å². The lowest BCUT2D eigenvalue weighted by Crippen LogP contribution is -2.10. The van der Waals surface area contributed by atoms with E-state index >= 15 is 0 Å². The van der Waals surface area contributed by atoms with Crippen LogP contribution in [0.15, 0.2) is 27.1 Å². The molecule has 0 fully saturated rings. The monoisotopic (exact) mass is 267 g/mol. The largest absolute Gasteiger partial charge is 0.486 e. The van der Waals surface area contributed by atoms with Crippen molar-refractivity contribution < 1.29 is 14.3 Å². The van der Waals surface area contributed by atoms with Crippen LogP contribution < -0.4 is 10.2 Å². The van der Waals surface area contributed by atoms with Gasteiger partial charge in [0.2, 0.25) is 11.2 Å². The number of thiazole rings is 1. The Balaban J connectivity index is 1.95. The van der Waals surface area contributed by atoms with Crippen molar-refractivity contribution in [2.24, 2.45) is 0 Å². The Morgan fingerprint density at radius 1 is 1.56 bits per heavy atom. The Bertz CT molecular complexity index is 575. The first-order valence-corrected chi connectivity index (χ1v) is 6.33. The van der Waals surface area contributed by atoms with E-state index in [4.69, 9.17) is 14.3 Å². The lowest BCUT2D eigenvalue weighted by Gasteiger charge is -2.04. The van der Waals surface area contributed by atoms with E-state index in [2.05, 4.69) is 4.98 Å². The standard InChI is InChI=1S/C12H13NO4S/c1-8-12(18-7-13-8)2-3-16-11-6-17-9(5-14)4-10(11)15/h4,6-7,14H,2-3,5H2,1H3. The maximum Gasteiger partial charge on any atom is 0.227 e. The number of aryl methyl sites for hydroxylation is 1. The first-order valence-electron chi connectivity index (χ1n) is 5.45. The Morgan fingerprint density at radius 3 is 3.00 bits per heavy atom. The van der Waals surface area contributed by atoms with Crippen molar-refractivity contribution in [3.63, 3.8) is 0 Å². The van der Waals surface area contributed by atoms with Gasteiger partial charge in [-0.1, -0.05) is 0 Å². The minimum atomic E-state index is -0.296. The topological polar surface area (TPSA) is 72.6 Å². The summed E-state index contributed by atoms with van der Waals surface area (Å²) in [5.41, 5.74) is 2.49. The molecule has 0 amide bonds. The van der Waals surface area contributed by atoms with Gasteiger partial charge >= 0.3 is 0 Å². The third-order valence-corrected chi connectivity index (χ3v) is 3.43. The molecule has 0 saturated heterocycles. The predicted molar refractivity (Wildman–Crippen MR) is 67.0 cm³/mol. The van der Waals surface area contributed by atoms with Crippen molar-refractivity contribution in [3.8, 4) is 5.75 Å². The number of ether oxygens (including phenoxy) is 1. The van der Waals surface area contributed by atoms with Crippen LogP contribution >= 0.6 is 11.3 Å². The molecular formula is C12H13NO4S. The molecule has 0 spiro atoms. The summed E-state index contributed by atoms with van der Waals surface area (Å²) in [6, 6.07) is 1.23. The summed E-state index contributed by atoms with van der Waals surface area (Å²) in [4.78, 5) is 16.8. The average Bonchev–Trinajstić information content (AvgIpc) is 2.77. The van der Waals surface area contributed by atoms with E-state index in [0.29, 0.717) is 13.0 Å². The summed E-state index contributed by atoms with van der Waals surface area (Å²) in [6.45, 7) is 2.04. The maximum atomic E-state index is 11.6. The van der Waals surface area contributed by atoms with Crippen LogP contribution in [0.25, 0.3) is 0 Å². The highest BCUT2D eigenvalue weighted by Gasteiger charge is 2.06. The molecule has 0 aliphatic heterocycles. The van der Waals surface area contributed by atoms with Crippen molar-refractivity contribution in [1.82, 2.24) is 4.98 Å². The van der Waals surface area contributed by atoms with E-state index in [-0.39, 0.29) is 23.5 Å². The summed E-state index contributed by atoms with van der Waals surface area (Å²) in [7, 11) is 0. The van der Waals surface area contributed by atoms with Gasteiger partial charge in [-0.2, -0.15) is 0 Å². The van der Waals surface area contributed by atoms with E-state index in [9.17, 15) is 4.79 Å². The van der Waals surface area contributed by atoms with Crippen LogP contribution in [0.1, 0.15) is 16.3 Å². The SMILES string of the molecule is Cc1ncsc1CCOc1coc(CO)cc1=O. The van der Waals surface area contributed by atoms with Crippen molar-refractivity contribution >= 4 is 11.3 Å². The third kappa shape index (κ3) is 2.96. The van der Waals surface area contributed by atoms with E-state index in [1.807, 2.05) is 6.92 Å². The van der Waals surface area contributed by atoms with Crippen molar-refractivity contribution in [1.29, 1.82) is 0 Å². The Morgan fingerprint density at radius 2 is 2.39 bits per heavy atom. The van der Waals surface area contributed by atoms with E-state index in [1.54, 1.807) is 16.8 Å². The summed E-state index contributed by atoms with van der Waals surface area (Å²) < 4.78 is 10.4.